The molecule has 7 nitrogen and oxygen atoms in total. The second-order valence-electron chi connectivity index (χ2n) is 5.79. The number of aromatic carboxylic acids is 1. The van der Waals surface area contributed by atoms with Gasteiger partial charge in [0.15, 0.2) is 5.69 Å². The number of rotatable bonds is 5. The lowest BCUT2D eigenvalue weighted by atomic mass is 10.2. The maximum Gasteiger partial charge on any atom is 0.357 e. The van der Waals surface area contributed by atoms with E-state index in [9.17, 15) is 4.79 Å². The first kappa shape index (κ1) is 16.3. The van der Waals surface area contributed by atoms with E-state index < -0.39 is 5.97 Å². The Morgan fingerprint density at radius 2 is 2.04 bits per heavy atom. The summed E-state index contributed by atoms with van der Waals surface area (Å²) in [6.07, 6.45) is 2.17. The number of benzene rings is 1. The van der Waals surface area contributed by atoms with Crippen molar-refractivity contribution in [2.24, 2.45) is 0 Å². The Labute approximate surface area is 140 Å². The number of methoxy groups -OCH3 is 1. The Hall–Kier alpha value is -2.54. The summed E-state index contributed by atoms with van der Waals surface area (Å²) < 4.78 is 10.5. The largest absolute Gasteiger partial charge is 0.497 e. The molecule has 0 saturated carbocycles. The van der Waals surface area contributed by atoms with Crippen LogP contribution in [0.3, 0.4) is 0 Å². The number of hydrogen-bond donors (Lipinski definition) is 1. The zero-order valence-electron chi connectivity index (χ0n) is 13.6. The van der Waals surface area contributed by atoms with Crippen LogP contribution >= 0.6 is 0 Å². The average Bonchev–Trinajstić information content (AvgIpc) is 2.98. The lowest BCUT2D eigenvalue weighted by molar-refractivity contribution is 0.0690. The summed E-state index contributed by atoms with van der Waals surface area (Å²) in [6, 6.07) is 8.49. The molecular formula is C17H21N3O4. The molecule has 128 valence electrons. The van der Waals surface area contributed by atoms with E-state index in [4.69, 9.17) is 14.3 Å². The molecule has 0 radical (unpaired) electrons. The summed E-state index contributed by atoms with van der Waals surface area (Å²) in [4.78, 5) is 19.3. The first-order chi connectivity index (χ1) is 11.7. The summed E-state index contributed by atoms with van der Waals surface area (Å²) >= 11 is 0. The molecular weight excluding hydrogens is 310 g/mol. The van der Waals surface area contributed by atoms with Gasteiger partial charge in [0.05, 0.1) is 7.11 Å². The van der Waals surface area contributed by atoms with Gasteiger partial charge in [0, 0.05) is 32.7 Å². The minimum atomic E-state index is -1.07. The van der Waals surface area contributed by atoms with Gasteiger partial charge in [-0.05, 0) is 24.1 Å². The van der Waals surface area contributed by atoms with Gasteiger partial charge in [-0.15, -0.1) is 0 Å². The third kappa shape index (κ3) is 3.86. The molecule has 24 heavy (non-hydrogen) atoms. The number of carbonyl (C=O) groups is 1. The molecule has 2 heterocycles. The second kappa shape index (κ2) is 7.35. The van der Waals surface area contributed by atoms with Crippen molar-refractivity contribution in [2.75, 3.05) is 38.2 Å². The predicted octanol–water partition coefficient (Wildman–Crippen LogP) is 2.09. The highest BCUT2D eigenvalue weighted by atomic mass is 16.5. The molecule has 1 N–H and O–H groups in total. The van der Waals surface area contributed by atoms with Gasteiger partial charge >= 0.3 is 5.97 Å². The normalized spacial score (nSPS) is 16.0. The number of carboxylic acids is 1. The van der Waals surface area contributed by atoms with Gasteiger partial charge in [0.25, 0.3) is 6.01 Å². The molecule has 0 amide bonds. The van der Waals surface area contributed by atoms with Crippen LogP contribution in [-0.4, -0.2) is 54.2 Å². The van der Waals surface area contributed by atoms with E-state index in [1.165, 1.54) is 11.8 Å². The Morgan fingerprint density at radius 3 is 2.71 bits per heavy atom. The predicted molar refractivity (Wildman–Crippen MR) is 88.6 cm³/mol. The topological polar surface area (TPSA) is 79.0 Å². The van der Waals surface area contributed by atoms with E-state index >= 15 is 0 Å². The first-order valence-electron chi connectivity index (χ1n) is 7.95. The fourth-order valence-electron chi connectivity index (χ4n) is 2.82. The third-order valence-corrected chi connectivity index (χ3v) is 4.14. The van der Waals surface area contributed by atoms with E-state index in [1.54, 1.807) is 7.11 Å². The van der Waals surface area contributed by atoms with Gasteiger partial charge < -0.3 is 19.2 Å². The highest BCUT2D eigenvalue weighted by Crippen LogP contribution is 2.18. The number of hydrogen-bond acceptors (Lipinski definition) is 6. The van der Waals surface area contributed by atoms with E-state index in [0.717, 1.165) is 44.9 Å². The van der Waals surface area contributed by atoms with Gasteiger partial charge in [-0.2, -0.15) is 4.98 Å². The van der Waals surface area contributed by atoms with Crippen LogP contribution in [0.25, 0.3) is 0 Å². The summed E-state index contributed by atoms with van der Waals surface area (Å²) in [7, 11) is 1.66. The van der Waals surface area contributed by atoms with E-state index in [0.29, 0.717) is 6.01 Å². The van der Waals surface area contributed by atoms with Crippen LogP contribution in [0.5, 0.6) is 5.75 Å². The van der Waals surface area contributed by atoms with Crippen molar-refractivity contribution in [1.82, 2.24) is 9.88 Å². The Bertz CT molecular complexity index is 683. The van der Waals surface area contributed by atoms with Crippen LogP contribution in [0.1, 0.15) is 22.5 Å². The lowest BCUT2D eigenvalue weighted by Crippen LogP contribution is -2.30. The molecule has 1 aliphatic rings. The monoisotopic (exact) mass is 331 g/mol. The van der Waals surface area contributed by atoms with E-state index in [-0.39, 0.29) is 5.69 Å². The molecule has 1 fully saturated rings. The smallest absolute Gasteiger partial charge is 0.357 e. The molecule has 0 spiro atoms. The van der Waals surface area contributed by atoms with Crippen molar-refractivity contribution in [1.29, 1.82) is 0 Å². The second-order valence-corrected chi connectivity index (χ2v) is 5.79. The molecule has 0 aliphatic carbocycles. The minimum absolute atomic E-state index is 0.0515. The Balaban J connectivity index is 1.58. The molecule has 1 aliphatic heterocycles. The van der Waals surface area contributed by atoms with Crippen LogP contribution in [0.4, 0.5) is 6.01 Å². The number of carboxylic acid groups (broad SMARTS) is 1. The van der Waals surface area contributed by atoms with Gasteiger partial charge in [-0.1, -0.05) is 12.1 Å². The van der Waals surface area contributed by atoms with E-state index in [2.05, 4.69) is 22.0 Å². The van der Waals surface area contributed by atoms with Crippen LogP contribution in [0, 0.1) is 0 Å². The maximum absolute atomic E-state index is 10.9. The first-order valence-corrected chi connectivity index (χ1v) is 7.95. The van der Waals surface area contributed by atoms with Gasteiger partial charge in [0.2, 0.25) is 0 Å². The summed E-state index contributed by atoms with van der Waals surface area (Å²) in [6.45, 7) is 4.30. The summed E-state index contributed by atoms with van der Waals surface area (Å²) in [5.74, 6) is -0.208. The zero-order chi connectivity index (χ0) is 16.9. The highest BCUT2D eigenvalue weighted by Gasteiger charge is 2.20. The minimum Gasteiger partial charge on any atom is -0.497 e. The SMILES string of the molecule is COc1ccc(CN2CCCN(c3nc(C(=O)O)co3)CC2)cc1. The number of aromatic nitrogens is 1. The van der Waals surface area contributed by atoms with Gasteiger partial charge in [-0.25, -0.2) is 4.79 Å². The molecule has 1 saturated heterocycles. The summed E-state index contributed by atoms with van der Waals surface area (Å²) in [5.41, 5.74) is 1.19. The van der Waals surface area contributed by atoms with Crippen LogP contribution in [0.2, 0.25) is 0 Å². The van der Waals surface area contributed by atoms with Crippen molar-refractivity contribution in [2.45, 2.75) is 13.0 Å². The van der Waals surface area contributed by atoms with E-state index in [1.807, 2.05) is 17.0 Å². The number of ether oxygens (including phenoxy) is 1. The molecule has 0 atom stereocenters. The molecule has 3 rings (SSSR count). The maximum atomic E-state index is 10.9. The lowest BCUT2D eigenvalue weighted by Gasteiger charge is -2.21. The number of nitrogens with zero attached hydrogens (tertiary/aromatic N) is 3. The number of anilines is 1. The van der Waals surface area contributed by atoms with Crippen LogP contribution < -0.4 is 9.64 Å². The van der Waals surface area contributed by atoms with Crippen molar-refractivity contribution >= 4 is 12.0 Å². The van der Waals surface area contributed by atoms with Crippen molar-refractivity contribution < 1.29 is 19.1 Å². The Kier molecular flexibility index (Phi) is 5.00. The van der Waals surface area contributed by atoms with Crippen molar-refractivity contribution in [3.63, 3.8) is 0 Å². The molecule has 0 unspecified atom stereocenters. The molecule has 0 bridgehead atoms. The summed E-state index contributed by atoms with van der Waals surface area (Å²) in [5, 5.41) is 8.94. The fraction of sp³-hybridized carbons (Fsp3) is 0.412. The highest BCUT2D eigenvalue weighted by molar-refractivity contribution is 5.85. The van der Waals surface area contributed by atoms with Crippen LogP contribution in [0.15, 0.2) is 34.9 Å². The number of oxazole rings is 1. The van der Waals surface area contributed by atoms with Crippen molar-refractivity contribution in [3.05, 3.63) is 41.8 Å². The van der Waals surface area contributed by atoms with Gasteiger partial charge in [-0.3, -0.25) is 4.90 Å². The average molecular weight is 331 g/mol. The molecule has 7 heteroatoms. The van der Waals surface area contributed by atoms with Gasteiger partial charge in [0.1, 0.15) is 12.0 Å². The fourth-order valence-corrected chi connectivity index (χ4v) is 2.82. The zero-order valence-corrected chi connectivity index (χ0v) is 13.6. The van der Waals surface area contributed by atoms with Crippen molar-refractivity contribution in [3.8, 4) is 5.75 Å². The Morgan fingerprint density at radius 1 is 1.25 bits per heavy atom. The molecule has 2 aromatic rings. The quantitative estimate of drug-likeness (QED) is 0.898. The van der Waals surface area contributed by atoms with Crippen LogP contribution in [-0.2, 0) is 6.54 Å². The third-order valence-electron chi connectivity index (χ3n) is 4.14. The standard InChI is InChI=1S/C17H21N3O4/c1-23-14-5-3-13(4-6-14)11-19-7-2-8-20(10-9-19)17-18-15(12-24-17)16(21)22/h3-6,12H,2,7-11H2,1H3,(H,21,22). The molecule has 1 aromatic carbocycles. The molecule has 1 aromatic heterocycles.